The fourth-order valence-electron chi connectivity index (χ4n) is 2.52. The smallest absolute Gasteiger partial charge is 0.407 e. The first-order valence-electron chi connectivity index (χ1n) is 9.29. The lowest BCUT2D eigenvalue weighted by atomic mass is 10.2. The third-order valence-corrected chi connectivity index (χ3v) is 5.79. The van der Waals surface area contributed by atoms with Gasteiger partial charge in [-0.15, -0.1) is 0 Å². The van der Waals surface area contributed by atoms with Crippen molar-refractivity contribution in [2.45, 2.75) is 43.9 Å². The summed E-state index contributed by atoms with van der Waals surface area (Å²) in [4.78, 5) is 11.9. The molecule has 3 rings (SSSR count). The van der Waals surface area contributed by atoms with E-state index < -0.39 is 21.5 Å². The number of rotatable bonds is 7. The van der Waals surface area contributed by atoms with Crippen LogP contribution in [0.4, 0.5) is 4.79 Å². The van der Waals surface area contributed by atoms with Crippen LogP contribution < -0.4 is 10.1 Å². The zero-order valence-corrected chi connectivity index (χ0v) is 17.5. The Morgan fingerprint density at radius 3 is 2.14 bits per heavy atom. The van der Waals surface area contributed by atoms with Crippen molar-refractivity contribution >= 4 is 15.9 Å². The summed E-state index contributed by atoms with van der Waals surface area (Å²) in [6.45, 7) is 6.27. The van der Waals surface area contributed by atoms with Crippen molar-refractivity contribution in [2.24, 2.45) is 0 Å². The summed E-state index contributed by atoms with van der Waals surface area (Å²) in [6.07, 6.45) is -0.652. The quantitative estimate of drug-likeness (QED) is 0.688. The van der Waals surface area contributed by atoms with E-state index in [-0.39, 0.29) is 16.8 Å². The zero-order valence-electron chi connectivity index (χ0n) is 16.7. The highest BCUT2D eigenvalue weighted by atomic mass is 32.2. The van der Waals surface area contributed by atoms with Crippen LogP contribution in [0.3, 0.4) is 0 Å². The molecule has 1 fully saturated rings. The number of carbonyl (C=O) groups is 1. The van der Waals surface area contributed by atoms with Crippen LogP contribution in [-0.2, 0) is 25.9 Å². The number of benzene rings is 2. The molecule has 0 radical (unpaired) electrons. The van der Waals surface area contributed by atoms with E-state index in [2.05, 4.69) is 5.32 Å². The van der Waals surface area contributed by atoms with Crippen molar-refractivity contribution in [1.29, 1.82) is 0 Å². The average Bonchev–Trinajstić information content (AvgIpc) is 3.43. The van der Waals surface area contributed by atoms with Gasteiger partial charge in [0, 0.05) is 6.54 Å². The molecule has 1 aliphatic rings. The van der Waals surface area contributed by atoms with E-state index in [1.807, 2.05) is 32.9 Å². The fraction of sp³-hybridized carbons (Fsp3) is 0.381. The topological polar surface area (TPSA) is 94.2 Å². The van der Waals surface area contributed by atoms with Gasteiger partial charge in [-0.2, -0.15) is 0 Å². The lowest BCUT2D eigenvalue weighted by Gasteiger charge is -2.19. The first-order valence-corrected chi connectivity index (χ1v) is 10.9. The van der Waals surface area contributed by atoms with Crippen molar-refractivity contribution in [1.82, 2.24) is 5.32 Å². The van der Waals surface area contributed by atoms with E-state index in [1.165, 1.54) is 12.1 Å². The van der Waals surface area contributed by atoms with E-state index in [0.717, 1.165) is 5.56 Å². The molecule has 8 heteroatoms. The SMILES string of the molecule is CC(C)(C)OC(=O)NCc1ccc(Oc2ccc(S(=O)(=O)CC3CO3)cc2)cc1. The summed E-state index contributed by atoms with van der Waals surface area (Å²) in [5.41, 5.74) is 0.356. The summed E-state index contributed by atoms with van der Waals surface area (Å²) in [6, 6.07) is 13.5. The average molecular weight is 419 g/mol. The van der Waals surface area contributed by atoms with Crippen LogP contribution in [0.5, 0.6) is 11.5 Å². The van der Waals surface area contributed by atoms with Crippen molar-refractivity contribution < 1.29 is 27.4 Å². The molecule has 1 saturated heterocycles. The molecular formula is C21H25NO6S. The zero-order chi connectivity index (χ0) is 21.1. The fourth-order valence-corrected chi connectivity index (χ4v) is 3.95. The minimum atomic E-state index is -3.34. The lowest BCUT2D eigenvalue weighted by molar-refractivity contribution is 0.0523. The van der Waals surface area contributed by atoms with E-state index >= 15 is 0 Å². The molecule has 1 N–H and O–H groups in total. The molecular weight excluding hydrogens is 394 g/mol. The standard InChI is InChI=1S/C21H25NO6S/c1-21(2,3)28-20(23)22-12-15-4-6-16(7-5-15)27-17-8-10-19(11-9-17)29(24,25)14-18-13-26-18/h4-11,18H,12-14H2,1-3H3,(H,22,23). The second-order valence-electron chi connectivity index (χ2n) is 7.81. The Morgan fingerprint density at radius 2 is 1.62 bits per heavy atom. The highest BCUT2D eigenvalue weighted by Crippen LogP contribution is 2.25. The number of hydrogen-bond acceptors (Lipinski definition) is 6. The summed E-state index contributed by atoms with van der Waals surface area (Å²) in [5.74, 6) is 1.14. The Morgan fingerprint density at radius 1 is 1.07 bits per heavy atom. The van der Waals surface area contributed by atoms with Crippen LogP contribution in [0.15, 0.2) is 53.4 Å². The molecule has 1 aliphatic heterocycles. The third-order valence-electron chi connectivity index (χ3n) is 3.99. The van der Waals surface area contributed by atoms with Crippen molar-refractivity contribution in [3.63, 3.8) is 0 Å². The number of epoxide rings is 1. The van der Waals surface area contributed by atoms with Gasteiger partial charge >= 0.3 is 6.09 Å². The van der Waals surface area contributed by atoms with Gasteiger partial charge in [-0.3, -0.25) is 0 Å². The largest absolute Gasteiger partial charge is 0.457 e. The molecule has 156 valence electrons. The Balaban J connectivity index is 1.53. The first kappa shape index (κ1) is 21.1. The predicted octanol–water partition coefficient (Wildman–Crippen LogP) is 3.68. The van der Waals surface area contributed by atoms with Crippen molar-refractivity contribution in [2.75, 3.05) is 12.4 Å². The molecule has 0 bridgehead atoms. The van der Waals surface area contributed by atoms with Crippen LogP contribution in [0.2, 0.25) is 0 Å². The van der Waals surface area contributed by atoms with Gasteiger partial charge in [0.15, 0.2) is 9.84 Å². The number of hydrogen-bond donors (Lipinski definition) is 1. The minimum Gasteiger partial charge on any atom is -0.457 e. The molecule has 1 heterocycles. The number of sulfone groups is 1. The van der Waals surface area contributed by atoms with Gasteiger partial charge in [0.05, 0.1) is 23.4 Å². The van der Waals surface area contributed by atoms with E-state index in [1.54, 1.807) is 24.3 Å². The van der Waals surface area contributed by atoms with Crippen LogP contribution in [-0.4, -0.2) is 38.6 Å². The van der Waals surface area contributed by atoms with E-state index in [9.17, 15) is 13.2 Å². The number of alkyl carbamates (subject to hydrolysis) is 1. The maximum Gasteiger partial charge on any atom is 0.407 e. The van der Waals surface area contributed by atoms with Gasteiger partial charge in [-0.1, -0.05) is 12.1 Å². The van der Waals surface area contributed by atoms with Gasteiger partial charge in [-0.25, -0.2) is 13.2 Å². The van der Waals surface area contributed by atoms with Crippen LogP contribution in [0.25, 0.3) is 0 Å². The Hall–Kier alpha value is -2.58. The predicted molar refractivity (Wildman–Crippen MR) is 108 cm³/mol. The number of carbonyl (C=O) groups excluding carboxylic acids is 1. The second-order valence-corrected chi connectivity index (χ2v) is 9.84. The van der Waals surface area contributed by atoms with E-state index in [4.69, 9.17) is 14.2 Å². The normalized spacial score (nSPS) is 16.2. The van der Waals surface area contributed by atoms with Gasteiger partial charge in [0.1, 0.15) is 17.1 Å². The molecule has 1 atom stereocenters. The molecule has 0 aliphatic carbocycles. The van der Waals surface area contributed by atoms with Crippen molar-refractivity contribution in [3.8, 4) is 11.5 Å². The lowest BCUT2D eigenvalue weighted by Crippen LogP contribution is -2.32. The molecule has 0 saturated carbocycles. The molecule has 0 aromatic heterocycles. The van der Waals surface area contributed by atoms with Gasteiger partial charge in [0.25, 0.3) is 0 Å². The second kappa shape index (κ2) is 8.42. The van der Waals surface area contributed by atoms with Crippen LogP contribution in [0, 0.1) is 0 Å². The third kappa shape index (κ3) is 6.76. The molecule has 0 spiro atoms. The van der Waals surface area contributed by atoms with Gasteiger partial charge in [0.2, 0.25) is 0 Å². The highest BCUT2D eigenvalue weighted by molar-refractivity contribution is 7.91. The molecule has 1 unspecified atom stereocenters. The monoisotopic (exact) mass is 419 g/mol. The maximum atomic E-state index is 12.2. The highest BCUT2D eigenvalue weighted by Gasteiger charge is 2.30. The molecule has 1 amide bonds. The van der Waals surface area contributed by atoms with Crippen molar-refractivity contribution in [3.05, 3.63) is 54.1 Å². The van der Waals surface area contributed by atoms with Crippen LogP contribution in [0.1, 0.15) is 26.3 Å². The number of nitrogens with one attached hydrogen (secondary N) is 1. The van der Waals surface area contributed by atoms with E-state index in [0.29, 0.717) is 24.7 Å². The van der Waals surface area contributed by atoms with Gasteiger partial charge < -0.3 is 19.5 Å². The Kier molecular flexibility index (Phi) is 6.14. The summed E-state index contributed by atoms with van der Waals surface area (Å²) >= 11 is 0. The summed E-state index contributed by atoms with van der Waals surface area (Å²) < 4.78 is 40.4. The summed E-state index contributed by atoms with van der Waals surface area (Å²) in [5, 5.41) is 2.70. The molecule has 29 heavy (non-hydrogen) atoms. The summed E-state index contributed by atoms with van der Waals surface area (Å²) in [7, 11) is -3.34. The molecule has 7 nitrogen and oxygen atoms in total. The van der Waals surface area contributed by atoms with Gasteiger partial charge in [-0.05, 0) is 62.7 Å². The maximum absolute atomic E-state index is 12.2. The Bertz CT molecular complexity index is 942. The molecule has 2 aromatic rings. The number of ether oxygens (including phenoxy) is 3. The Labute approximate surface area is 170 Å². The molecule has 2 aromatic carbocycles. The van der Waals surface area contributed by atoms with Crippen LogP contribution >= 0.6 is 0 Å². The minimum absolute atomic E-state index is 0.00595. The first-order chi connectivity index (χ1) is 13.6. The number of amides is 1.